The fourth-order valence-corrected chi connectivity index (χ4v) is 3.38. The molecular weight excluding hydrogens is 311 g/mol. The van der Waals surface area contributed by atoms with Crippen LogP contribution in [0.25, 0.3) is 0 Å². The summed E-state index contributed by atoms with van der Waals surface area (Å²) in [7, 11) is 0. The van der Waals surface area contributed by atoms with Crippen LogP contribution >= 0.6 is 0 Å². The van der Waals surface area contributed by atoms with E-state index < -0.39 is 11.7 Å². The molecule has 1 heterocycles. The lowest BCUT2D eigenvalue weighted by Crippen LogP contribution is -2.32. The molecule has 0 aliphatic carbocycles. The maximum absolute atomic E-state index is 12.7. The summed E-state index contributed by atoms with van der Waals surface area (Å²) in [6, 6.07) is 14.5. The van der Waals surface area contributed by atoms with Crippen LogP contribution in [-0.4, -0.2) is 11.4 Å². The smallest absolute Gasteiger partial charge is 0.292 e. The van der Waals surface area contributed by atoms with Gasteiger partial charge in [-0.3, -0.25) is 4.90 Å². The largest absolute Gasteiger partial charge is 0.416 e. The molecule has 0 N–H and O–H groups in total. The quantitative estimate of drug-likeness (QED) is 0.692. The van der Waals surface area contributed by atoms with Crippen molar-refractivity contribution in [2.75, 3.05) is 6.54 Å². The molecule has 0 aromatic heterocycles. The summed E-state index contributed by atoms with van der Waals surface area (Å²) in [6.07, 6.45) is -0.831. The number of likely N-dealkylation sites (tertiary alicyclic amines) is 1. The molecule has 2 aromatic carbocycles. The zero-order valence-electron chi connectivity index (χ0n) is 13.8. The van der Waals surface area contributed by atoms with E-state index in [-0.39, 0.29) is 0 Å². The second-order valence-electron chi connectivity index (χ2n) is 6.59. The van der Waals surface area contributed by atoms with E-state index in [1.54, 1.807) is 12.1 Å². The normalized spacial score (nSPS) is 19.4. The number of aryl methyl sites for hydroxylation is 1. The first-order chi connectivity index (χ1) is 11.4. The van der Waals surface area contributed by atoms with E-state index in [1.807, 2.05) is 0 Å². The van der Waals surface area contributed by atoms with Gasteiger partial charge in [0.25, 0.3) is 0 Å². The Morgan fingerprint density at radius 2 is 1.62 bits per heavy atom. The molecular formula is C20H22F3N. The Bertz CT molecular complexity index is 659. The fraction of sp³-hybridized carbons (Fsp3) is 0.400. The van der Waals surface area contributed by atoms with Crippen molar-refractivity contribution in [3.05, 3.63) is 70.8 Å². The second kappa shape index (κ2) is 6.98. The molecule has 1 nitrogen and oxygen atoms in total. The third kappa shape index (κ3) is 3.99. The van der Waals surface area contributed by atoms with Crippen molar-refractivity contribution in [1.29, 1.82) is 0 Å². The van der Waals surface area contributed by atoms with Crippen molar-refractivity contribution in [3.8, 4) is 0 Å². The first kappa shape index (κ1) is 17.0. The highest BCUT2D eigenvalue weighted by Crippen LogP contribution is 2.33. The average Bonchev–Trinajstić information content (AvgIpc) is 2.56. The maximum Gasteiger partial charge on any atom is 0.416 e. The van der Waals surface area contributed by atoms with Crippen LogP contribution in [-0.2, 0) is 12.7 Å². The predicted molar refractivity (Wildman–Crippen MR) is 89.6 cm³/mol. The Labute approximate surface area is 141 Å². The Balaban J connectivity index is 1.75. The number of rotatable bonds is 3. The minimum atomic E-state index is -4.27. The summed E-state index contributed by atoms with van der Waals surface area (Å²) in [5.41, 5.74) is 2.89. The lowest BCUT2D eigenvalue weighted by Gasteiger charge is -2.36. The fourth-order valence-electron chi connectivity index (χ4n) is 3.38. The third-order valence-electron chi connectivity index (χ3n) is 4.74. The van der Waals surface area contributed by atoms with Gasteiger partial charge < -0.3 is 0 Å². The number of halogens is 3. The van der Waals surface area contributed by atoms with Crippen LogP contribution in [0, 0.1) is 6.92 Å². The SMILES string of the molecule is Cc1ccc(C2CCCCN2Cc2ccc(C(F)(F)F)cc2)cc1. The molecule has 1 fully saturated rings. The Morgan fingerprint density at radius 3 is 2.25 bits per heavy atom. The minimum absolute atomic E-state index is 0.349. The average molecular weight is 333 g/mol. The van der Waals surface area contributed by atoms with Crippen molar-refractivity contribution in [1.82, 2.24) is 4.90 Å². The lowest BCUT2D eigenvalue weighted by molar-refractivity contribution is -0.137. The van der Waals surface area contributed by atoms with Crippen LogP contribution in [0.4, 0.5) is 13.2 Å². The maximum atomic E-state index is 12.7. The van der Waals surface area contributed by atoms with Crippen molar-refractivity contribution < 1.29 is 13.2 Å². The molecule has 1 unspecified atom stereocenters. The highest BCUT2D eigenvalue weighted by Gasteiger charge is 2.30. The molecule has 24 heavy (non-hydrogen) atoms. The number of hydrogen-bond donors (Lipinski definition) is 0. The lowest BCUT2D eigenvalue weighted by atomic mass is 9.94. The van der Waals surface area contributed by atoms with Crippen molar-refractivity contribution >= 4 is 0 Å². The van der Waals surface area contributed by atoms with Gasteiger partial charge in [-0.05, 0) is 49.6 Å². The first-order valence-electron chi connectivity index (χ1n) is 8.40. The van der Waals surface area contributed by atoms with Gasteiger partial charge in [-0.2, -0.15) is 13.2 Å². The summed E-state index contributed by atoms with van der Waals surface area (Å²) in [4.78, 5) is 2.39. The molecule has 4 heteroatoms. The standard InChI is InChI=1S/C20H22F3N/c1-15-5-9-17(10-6-15)19-4-2-3-13-24(19)14-16-7-11-18(12-8-16)20(21,22)23/h5-12,19H,2-4,13-14H2,1H3. The molecule has 1 saturated heterocycles. The molecule has 0 saturated carbocycles. The first-order valence-corrected chi connectivity index (χ1v) is 8.40. The van der Waals surface area contributed by atoms with E-state index in [9.17, 15) is 13.2 Å². The Hall–Kier alpha value is -1.81. The van der Waals surface area contributed by atoms with Gasteiger partial charge in [0, 0.05) is 12.6 Å². The number of alkyl halides is 3. The minimum Gasteiger partial charge on any atom is -0.292 e. The molecule has 0 spiro atoms. The molecule has 0 radical (unpaired) electrons. The zero-order valence-corrected chi connectivity index (χ0v) is 13.8. The highest BCUT2D eigenvalue weighted by atomic mass is 19.4. The summed E-state index contributed by atoms with van der Waals surface area (Å²) in [5.74, 6) is 0. The number of hydrogen-bond acceptors (Lipinski definition) is 1. The summed E-state index contributed by atoms with van der Waals surface area (Å²) in [5, 5.41) is 0. The van der Waals surface area contributed by atoms with Gasteiger partial charge in [-0.15, -0.1) is 0 Å². The molecule has 0 bridgehead atoms. The number of piperidine rings is 1. The van der Waals surface area contributed by atoms with Gasteiger partial charge >= 0.3 is 6.18 Å². The van der Waals surface area contributed by atoms with Crippen LogP contribution in [0.15, 0.2) is 48.5 Å². The van der Waals surface area contributed by atoms with Gasteiger partial charge in [-0.1, -0.05) is 48.4 Å². The van der Waals surface area contributed by atoms with Crippen LogP contribution in [0.1, 0.15) is 47.6 Å². The molecule has 1 aliphatic rings. The van der Waals surface area contributed by atoms with Crippen molar-refractivity contribution in [2.45, 2.75) is 44.9 Å². The van der Waals surface area contributed by atoms with Crippen LogP contribution in [0.3, 0.4) is 0 Å². The zero-order chi connectivity index (χ0) is 17.2. The van der Waals surface area contributed by atoms with Crippen molar-refractivity contribution in [2.24, 2.45) is 0 Å². The summed E-state index contributed by atoms with van der Waals surface area (Å²) < 4.78 is 38.1. The molecule has 1 atom stereocenters. The number of nitrogens with zero attached hydrogens (tertiary/aromatic N) is 1. The summed E-state index contributed by atoms with van der Waals surface area (Å²) >= 11 is 0. The molecule has 2 aromatic rings. The summed E-state index contributed by atoms with van der Waals surface area (Å²) in [6.45, 7) is 3.75. The van der Waals surface area contributed by atoms with E-state index in [0.717, 1.165) is 24.9 Å². The Morgan fingerprint density at radius 1 is 0.958 bits per heavy atom. The highest BCUT2D eigenvalue weighted by molar-refractivity contribution is 5.27. The van der Waals surface area contributed by atoms with Crippen LogP contribution in [0.2, 0.25) is 0 Å². The van der Waals surface area contributed by atoms with E-state index in [1.165, 1.54) is 29.7 Å². The monoisotopic (exact) mass is 333 g/mol. The van der Waals surface area contributed by atoms with Gasteiger partial charge in [-0.25, -0.2) is 0 Å². The van der Waals surface area contributed by atoms with Gasteiger partial charge in [0.2, 0.25) is 0 Å². The van der Waals surface area contributed by atoms with E-state index in [0.29, 0.717) is 12.6 Å². The third-order valence-corrected chi connectivity index (χ3v) is 4.74. The topological polar surface area (TPSA) is 3.24 Å². The Kier molecular flexibility index (Phi) is 4.95. The van der Waals surface area contributed by atoms with Crippen molar-refractivity contribution in [3.63, 3.8) is 0 Å². The van der Waals surface area contributed by atoms with E-state index in [2.05, 4.69) is 36.1 Å². The van der Waals surface area contributed by atoms with Gasteiger partial charge in [0.1, 0.15) is 0 Å². The molecule has 128 valence electrons. The van der Waals surface area contributed by atoms with Crippen LogP contribution < -0.4 is 0 Å². The van der Waals surface area contributed by atoms with Gasteiger partial charge in [0.15, 0.2) is 0 Å². The van der Waals surface area contributed by atoms with Gasteiger partial charge in [0.05, 0.1) is 5.56 Å². The second-order valence-corrected chi connectivity index (χ2v) is 6.59. The van der Waals surface area contributed by atoms with Crippen LogP contribution in [0.5, 0.6) is 0 Å². The molecule has 0 amide bonds. The molecule has 1 aliphatic heterocycles. The molecule has 3 rings (SSSR count). The van der Waals surface area contributed by atoms with E-state index in [4.69, 9.17) is 0 Å². The number of benzene rings is 2. The predicted octanol–water partition coefficient (Wildman–Crippen LogP) is 5.74. The van der Waals surface area contributed by atoms with E-state index >= 15 is 0 Å².